The average molecular weight is 394 g/mol. The molecule has 0 saturated heterocycles. The molecule has 6 atom stereocenters. The fourth-order valence-corrected chi connectivity index (χ4v) is 6.72. The van der Waals surface area contributed by atoms with Crippen molar-refractivity contribution in [3.63, 3.8) is 0 Å². The summed E-state index contributed by atoms with van der Waals surface area (Å²) in [4.78, 5) is 21.4. The van der Waals surface area contributed by atoms with E-state index in [9.17, 15) is 4.79 Å². The van der Waals surface area contributed by atoms with E-state index in [1.807, 2.05) is 24.7 Å². The number of rotatable bonds is 3. The van der Waals surface area contributed by atoms with Crippen LogP contribution < -0.4 is 0 Å². The molecular weight excluding hydrogens is 362 g/mol. The molecule has 1 aromatic heterocycles. The highest BCUT2D eigenvalue weighted by atomic mass is 16.5. The smallest absolute Gasteiger partial charge is 0.338 e. The summed E-state index contributed by atoms with van der Waals surface area (Å²) in [6.45, 7) is 10.1. The fraction of sp³-hybridized carbons (Fsp3) is 0.625. The van der Waals surface area contributed by atoms with Gasteiger partial charge in [0.25, 0.3) is 0 Å². The van der Waals surface area contributed by atoms with Gasteiger partial charge in [-0.3, -0.25) is 0 Å². The highest BCUT2D eigenvalue weighted by Gasteiger charge is 2.59. The van der Waals surface area contributed by atoms with Crippen LogP contribution in [-0.4, -0.2) is 27.8 Å². The zero-order valence-electron chi connectivity index (χ0n) is 17.9. The van der Waals surface area contributed by atoms with Gasteiger partial charge in [0.05, 0.1) is 24.1 Å². The molecule has 0 amide bonds. The van der Waals surface area contributed by atoms with Crippen LogP contribution in [0.1, 0.15) is 59.4 Å². The lowest BCUT2D eigenvalue weighted by molar-refractivity contribution is -0.135. The Labute approximate surface area is 173 Å². The summed E-state index contributed by atoms with van der Waals surface area (Å²) in [5.74, 6) is 2.33. The molecule has 29 heavy (non-hydrogen) atoms. The van der Waals surface area contributed by atoms with E-state index in [1.165, 1.54) is 25.0 Å². The minimum atomic E-state index is -0.210. The number of hydrogen-bond donors (Lipinski definition) is 0. The minimum absolute atomic E-state index is 0.159. The molecule has 2 aliphatic carbocycles. The predicted molar refractivity (Wildman–Crippen MR) is 113 cm³/mol. The number of hydrogen-bond acceptors (Lipinski definition) is 4. The number of imidazole rings is 1. The molecular formula is C24H31N3O2. The largest absolute Gasteiger partial charge is 0.458 e. The third-order valence-electron chi connectivity index (χ3n) is 8.89. The zero-order chi connectivity index (χ0) is 20.4. The van der Waals surface area contributed by atoms with Crippen molar-refractivity contribution in [1.82, 2.24) is 9.55 Å². The van der Waals surface area contributed by atoms with Crippen molar-refractivity contribution < 1.29 is 9.53 Å². The molecule has 0 aromatic carbocycles. The van der Waals surface area contributed by atoms with Crippen molar-refractivity contribution in [2.75, 3.05) is 6.61 Å². The summed E-state index contributed by atoms with van der Waals surface area (Å²) in [5, 5.41) is 0. The second kappa shape index (κ2) is 6.41. The predicted octanol–water partition coefficient (Wildman–Crippen LogP) is 5.04. The lowest BCUT2D eigenvalue weighted by atomic mass is 9.44. The van der Waals surface area contributed by atoms with Gasteiger partial charge in [0.15, 0.2) is 5.82 Å². The van der Waals surface area contributed by atoms with Gasteiger partial charge in [-0.2, -0.15) is 0 Å². The zero-order valence-corrected chi connectivity index (χ0v) is 17.9. The second-order valence-corrected chi connectivity index (χ2v) is 9.91. The maximum Gasteiger partial charge on any atom is 0.338 e. The summed E-state index contributed by atoms with van der Waals surface area (Å²) in [6, 6.07) is 0.206. The van der Waals surface area contributed by atoms with Crippen molar-refractivity contribution in [2.45, 2.75) is 59.4 Å². The Morgan fingerprint density at radius 3 is 2.93 bits per heavy atom. The van der Waals surface area contributed by atoms with Crippen LogP contribution in [-0.2, 0) is 9.53 Å². The summed E-state index contributed by atoms with van der Waals surface area (Å²) in [7, 11) is 0. The monoisotopic (exact) mass is 393 g/mol. The summed E-state index contributed by atoms with van der Waals surface area (Å²) in [5.41, 5.74) is 2.43. The van der Waals surface area contributed by atoms with E-state index in [-0.39, 0.29) is 23.3 Å². The number of fused-ring (bicyclic) bond motifs is 4. The first-order chi connectivity index (χ1) is 13.9. The minimum Gasteiger partial charge on any atom is -0.458 e. The number of esters is 1. The molecule has 154 valence electrons. The second-order valence-electron chi connectivity index (χ2n) is 9.91. The Morgan fingerprint density at radius 1 is 1.38 bits per heavy atom. The van der Waals surface area contributed by atoms with Crippen LogP contribution in [0.25, 0.3) is 0 Å². The van der Waals surface area contributed by atoms with Crippen molar-refractivity contribution in [3.8, 4) is 0 Å². The number of carbonyl (C=O) groups is 1. The van der Waals surface area contributed by atoms with Crippen molar-refractivity contribution in [2.24, 2.45) is 33.6 Å². The number of cyclic esters (lactones) is 1. The molecule has 4 aliphatic rings. The highest BCUT2D eigenvalue weighted by molar-refractivity contribution is 5.95. The van der Waals surface area contributed by atoms with Crippen molar-refractivity contribution >= 4 is 17.5 Å². The molecule has 2 aliphatic heterocycles. The van der Waals surface area contributed by atoms with Gasteiger partial charge < -0.3 is 9.30 Å². The van der Waals surface area contributed by atoms with Gasteiger partial charge in [0.2, 0.25) is 0 Å². The van der Waals surface area contributed by atoms with Crippen LogP contribution >= 0.6 is 0 Å². The van der Waals surface area contributed by atoms with Gasteiger partial charge in [0, 0.05) is 11.6 Å². The third-order valence-corrected chi connectivity index (χ3v) is 8.89. The molecule has 5 rings (SSSR count). The van der Waals surface area contributed by atoms with E-state index in [1.54, 1.807) is 0 Å². The van der Waals surface area contributed by atoms with E-state index in [0.717, 1.165) is 12.2 Å². The van der Waals surface area contributed by atoms with Gasteiger partial charge in [-0.1, -0.05) is 46.3 Å². The SMILES string of the molecule is CCC1(C)C(C)CCC2(C)C(/C=C/C3=CCOC3=O)C3C(=Nc4cncn43)CC12. The van der Waals surface area contributed by atoms with Gasteiger partial charge in [-0.15, -0.1) is 0 Å². The lowest BCUT2D eigenvalue weighted by Gasteiger charge is -2.61. The maximum atomic E-state index is 12.0. The number of carbonyl (C=O) groups excluding carboxylic acids is 1. The Kier molecular flexibility index (Phi) is 4.17. The van der Waals surface area contributed by atoms with Gasteiger partial charge in [-0.25, -0.2) is 14.8 Å². The molecule has 0 bridgehead atoms. The number of allylic oxidation sites excluding steroid dienone is 1. The summed E-state index contributed by atoms with van der Waals surface area (Å²) in [6.07, 6.45) is 14.7. The van der Waals surface area contributed by atoms with Crippen molar-refractivity contribution in [3.05, 3.63) is 36.3 Å². The van der Waals surface area contributed by atoms with Crippen LogP contribution in [0.2, 0.25) is 0 Å². The average Bonchev–Trinajstić information content (AvgIpc) is 3.40. The number of ether oxygens (including phenoxy) is 1. The normalized spacial score (nSPS) is 40.9. The molecule has 5 nitrogen and oxygen atoms in total. The third kappa shape index (κ3) is 2.55. The Hall–Kier alpha value is -2.17. The first-order valence-corrected chi connectivity index (χ1v) is 11.0. The molecule has 6 unspecified atom stereocenters. The molecule has 3 heterocycles. The molecule has 2 fully saturated rings. The van der Waals surface area contributed by atoms with Crippen LogP contribution in [0, 0.1) is 28.6 Å². The topological polar surface area (TPSA) is 56.5 Å². The van der Waals surface area contributed by atoms with Crippen LogP contribution in [0.3, 0.4) is 0 Å². The molecule has 5 heteroatoms. The molecule has 0 spiro atoms. The Bertz CT molecular complexity index is 942. The molecule has 0 radical (unpaired) electrons. The van der Waals surface area contributed by atoms with E-state index in [0.29, 0.717) is 29.4 Å². The maximum absolute atomic E-state index is 12.0. The summed E-state index contributed by atoms with van der Waals surface area (Å²) >= 11 is 0. The highest BCUT2D eigenvalue weighted by Crippen LogP contribution is 2.65. The van der Waals surface area contributed by atoms with Gasteiger partial charge >= 0.3 is 5.97 Å². The molecule has 0 N–H and O–H groups in total. The Morgan fingerprint density at radius 2 is 2.21 bits per heavy atom. The molecule has 2 saturated carbocycles. The number of aromatic nitrogens is 2. The fourth-order valence-electron chi connectivity index (χ4n) is 6.72. The molecule has 1 aromatic rings. The van der Waals surface area contributed by atoms with Crippen LogP contribution in [0.5, 0.6) is 0 Å². The first-order valence-electron chi connectivity index (χ1n) is 11.0. The van der Waals surface area contributed by atoms with E-state index >= 15 is 0 Å². The summed E-state index contributed by atoms with van der Waals surface area (Å²) < 4.78 is 7.35. The van der Waals surface area contributed by atoms with Crippen molar-refractivity contribution in [1.29, 1.82) is 0 Å². The van der Waals surface area contributed by atoms with E-state index < -0.39 is 0 Å². The van der Waals surface area contributed by atoms with Crippen LogP contribution in [0.15, 0.2) is 41.3 Å². The van der Waals surface area contributed by atoms with E-state index in [4.69, 9.17) is 9.73 Å². The van der Waals surface area contributed by atoms with Gasteiger partial charge in [0.1, 0.15) is 6.61 Å². The van der Waals surface area contributed by atoms with Crippen LogP contribution in [0.4, 0.5) is 5.82 Å². The van der Waals surface area contributed by atoms with Gasteiger partial charge in [-0.05, 0) is 48.0 Å². The standard InChI is InChI=1S/C24H31N3O2/c1-5-23(3)15(2)8-10-24(4)17(7-6-16-9-11-29-22(16)28)21-18(12-19(23)24)26-20-13-25-14-27(20)21/h6-7,9,13-15,17,19,21H,5,8,10-12H2,1-4H3/b7-6+. The number of aliphatic imine (C=N–C) groups is 1. The quantitative estimate of drug-likeness (QED) is 0.676. The number of nitrogens with zero attached hydrogens (tertiary/aromatic N) is 3. The van der Waals surface area contributed by atoms with E-state index in [2.05, 4.69) is 43.3 Å². The first kappa shape index (κ1) is 18.8. The lowest BCUT2D eigenvalue weighted by Crippen LogP contribution is -2.56. The Balaban J connectivity index is 1.61.